The van der Waals surface area contributed by atoms with Crippen molar-refractivity contribution in [2.24, 2.45) is 17.6 Å². The van der Waals surface area contributed by atoms with Gasteiger partial charge in [0.1, 0.15) is 0 Å². The minimum absolute atomic E-state index is 0.553. The molecule has 0 aromatic carbocycles. The van der Waals surface area contributed by atoms with Gasteiger partial charge in [-0.05, 0) is 31.1 Å². The van der Waals surface area contributed by atoms with E-state index >= 15 is 0 Å². The maximum absolute atomic E-state index is 6.09. The molecule has 0 bridgehead atoms. The van der Waals surface area contributed by atoms with Crippen molar-refractivity contribution in [3.05, 3.63) is 0 Å². The average molecular weight is 256 g/mol. The first-order valence-corrected chi connectivity index (χ1v) is 7.97. The molecular weight excluding hydrogens is 220 g/mol. The summed E-state index contributed by atoms with van der Waals surface area (Å²) >= 11 is 0. The lowest BCUT2D eigenvalue weighted by Crippen LogP contribution is -2.51. The summed E-state index contributed by atoms with van der Waals surface area (Å²) in [6, 6.07) is 1.25. The average Bonchev–Trinajstić information content (AvgIpc) is 2.31. The molecule has 0 saturated heterocycles. The van der Waals surface area contributed by atoms with Crippen LogP contribution in [0, 0.1) is 11.8 Å². The lowest BCUT2D eigenvalue weighted by atomic mass is 9.92. The van der Waals surface area contributed by atoms with Crippen LogP contribution >= 0.6 is 0 Å². The molecule has 0 heterocycles. The van der Waals surface area contributed by atoms with Crippen LogP contribution in [0.15, 0.2) is 0 Å². The molecule has 0 amide bonds. The van der Waals surface area contributed by atoms with Gasteiger partial charge < -0.3 is 5.73 Å². The number of rotatable bonds is 10. The fourth-order valence-corrected chi connectivity index (χ4v) is 3.08. The highest BCUT2D eigenvalue weighted by molar-refractivity contribution is 4.83. The summed E-state index contributed by atoms with van der Waals surface area (Å²) in [6.45, 7) is 15.9. The Bertz CT molecular complexity index is 188. The van der Waals surface area contributed by atoms with Crippen molar-refractivity contribution in [3.8, 4) is 0 Å². The molecule has 0 aromatic heterocycles. The molecule has 2 heteroatoms. The zero-order valence-electron chi connectivity index (χ0n) is 13.6. The van der Waals surface area contributed by atoms with Crippen molar-refractivity contribution in [3.63, 3.8) is 0 Å². The maximum Gasteiger partial charge on any atom is 0.0247 e. The topological polar surface area (TPSA) is 29.3 Å². The summed E-state index contributed by atoms with van der Waals surface area (Å²) in [5.74, 6) is 1.42. The Labute approximate surface area is 115 Å². The van der Waals surface area contributed by atoms with Crippen LogP contribution in [0.25, 0.3) is 0 Å². The van der Waals surface area contributed by atoms with E-state index in [4.69, 9.17) is 5.73 Å². The van der Waals surface area contributed by atoms with Crippen LogP contribution < -0.4 is 5.73 Å². The monoisotopic (exact) mass is 256 g/mol. The van der Waals surface area contributed by atoms with E-state index in [1.165, 1.54) is 32.2 Å². The van der Waals surface area contributed by atoms with Crippen molar-refractivity contribution in [1.82, 2.24) is 4.90 Å². The van der Waals surface area contributed by atoms with Gasteiger partial charge in [0.2, 0.25) is 0 Å². The lowest BCUT2D eigenvalue weighted by molar-refractivity contribution is 0.0782. The summed E-state index contributed by atoms with van der Waals surface area (Å²) in [5, 5.41) is 0. The van der Waals surface area contributed by atoms with Gasteiger partial charge in [0.25, 0.3) is 0 Å². The SMILES string of the molecule is CCCC(C)C(CN)N(CC(C)C)C(CC)CC. The highest BCUT2D eigenvalue weighted by Gasteiger charge is 2.27. The third-order valence-corrected chi connectivity index (χ3v) is 4.06. The molecule has 0 radical (unpaired) electrons. The standard InChI is InChI=1S/C16H36N2/c1-7-10-14(6)16(11-17)18(12-13(4)5)15(8-2)9-3/h13-16H,7-12,17H2,1-6H3. The van der Waals surface area contributed by atoms with Crippen molar-refractivity contribution in [2.75, 3.05) is 13.1 Å². The van der Waals surface area contributed by atoms with Crippen LogP contribution in [0.5, 0.6) is 0 Å². The van der Waals surface area contributed by atoms with E-state index in [1.807, 2.05) is 0 Å². The van der Waals surface area contributed by atoms with Gasteiger partial charge in [0.05, 0.1) is 0 Å². The third-order valence-electron chi connectivity index (χ3n) is 4.06. The summed E-state index contributed by atoms with van der Waals surface area (Å²) in [5.41, 5.74) is 6.09. The first kappa shape index (κ1) is 17.9. The zero-order valence-corrected chi connectivity index (χ0v) is 13.6. The number of nitrogens with zero attached hydrogens (tertiary/aromatic N) is 1. The molecule has 0 fully saturated rings. The summed E-state index contributed by atoms with van der Waals surface area (Å²) < 4.78 is 0. The Kier molecular flexibility index (Phi) is 9.76. The summed E-state index contributed by atoms with van der Waals surface area (Å²) in [7, 11) is 0. The smallest absolute Gasteiger partial charge is 0.0247 e. The molecule has 2 atom stereocenters. The van der Waals surface area contributed by atoms with Gasteiger partial charge in [0, 0.05) is 25.2 Å². The predicted molar refractivity (Wildman–Crippen MR) is 82.8 cm³/mol. The van der Waals surface area contributed by atoms with E-state index in [0.717, 1.165) is 6.54 Å². The van der Waals surface area contributed by atoms with Gasteiger partial charge in [-0.2, -0.15) is 0 Å². The van der Waals surface area contributed by atoms with Crippen molar-refractivity contribution in [2.45, 2.75) is 79.3 Å². The minimum Gasteiger partial charge on any atom is -0.329 e. The molecule has 0 rings (SSSR count). The Morgan fingerprint density at radius 2 is 1.56 bits per heavy atom. The second-order valence-corrected chi connectivity index (χ2v) is 6.13. The largest absolute Gasteiger partial charge is 0.329 e. The Morgan fingerprint density at radius 3 is 1.89 bits per heavy atom. The van der Waals surface area contributed by atoms with E-state index in [2.05, 4.69) is 46.4 Å². The van der Waals surface area contributed by atoms with Crippen LogP contribution in [-0.4, -0.2) is 30.1 Å². The van der Waals surface area contributed by atoms with E-state index in [0.29, 0.717) is 23.9 Å². The second kappa shape index (κ2) is 9.80. The molecule has 18 heavy (non-hydrogen) atoms. The van der Waals surface area contributed by atoms with Crippen molar-refractivity contribution >= 4 is 0 Å². The quantitative estimate of drug-likeness (QED) is 0.642. The van der Waals surface area contributed by atoms with Gasteiger partial charge in [-0.25, -0.2) is 0 Å². The normalized spacial score (nSPS) is 15.7. The molecule has 110 valence electrons. The highest BCUT2D eigenvalue weighted by Crippen LogP contribution is 2.22. The lowest BCUT2D eigenvalue weighted by Gasteiger charge is -2.41. The van der Waals surface area contributed by atoms with Gasteiger partial charge in [-0.1, -0.05) is 48.0 Å². The predicted octanol–water partition coefficient (Wildman–Crippen LogP) is 3.90. The van der Waals surface area contributed by atoms with Gasteiger partial charge in [-0.15, -0.1) is 0 Å². The fourth-order valence-electron chi connectivity index (χ4n) is 3.08. The van der Waals surface area contributed by atoms with Crippen LogP contribution in [0.4, 0.5) is 0 Å². The first-order valence-electron chi connectivity index (χ1n) is 7.97. The highest BCUT2D eigenvalue weighted by atomic mass is 15.2. The van der Waals surface area contributed by atoms with Gasteiger partial charge in [0.15, 0.2) is 0 Å². The third kappa shape index (κ3) is 5.71. The molecule has 0 aliphatic rings. The fraction of sp³-hybridized carbons (Fsp3) is 1.00. The maximum atomic E-state index is 6.09. The molecule has 2 nitrogen and oxygen atoms in total. The second-order valence-electron chi connectivity index (χ2n) is 6.13. The van der Waals surface area contributed by atoms with Crippen LogP contribution in [0.3, 0.4) is 0 Å². The minimum atomic E-state index is 0.553. The number of hydrogen-bond acceptors (Lipinski definition) is 2. The Balaban J connectivity index is 4.86. The molecule has 0 aliphatic heterocycles. The molecule has 2 unspecified atom stereocenters. The van der Waals surface area contributed by atoms with E-state index in [9.17, 15) is 0 Å². The van der Waals surface area contributed by atoms with Gasteiger partial charge in [-0.3, -0.25) is 4.90 Å². The van der Waals surface area contributed by atoms with Crippen molar-refractivity contribution in [1.29, 1.82) is 0 Å². The summed E-state index contributed by atoms with van der Waals surface area (Å²) in [6.07, 6.45) is 5.02. The first-order chi connectivity index (χ1) is 8.51. The Hall–Kier alpha value is -0.0800. The van der Waals surface area contributed by atoms with Crippen molar-refractivity contribution < 1.29 is 0 Å². The Morgan fingerprint density at radius 1 is 1.00 bits per heavy atom. The zero-order chi connectivity index (χ0) is 14.1. The molecule has 0 aliphatic carbocycles. The van der Waals surface area contributed by atoms with E-state index in [1.54, 1.807) is 0 Å². The molecule has 0 saturated carbocycles. The molecular formula is C16H36N2. The molecule has 0 aromatic rings. The van der Waals surface area contributed by atoms with E-state index in [-0.39, 0.29) is 0 Å². The summed E-state index contributed by atoms with van der Waals surface area (Å²) in [4.78, 5) is 2.70. The number of nitrogens with two attached hydrogens (primary N) is 1. The molecule has 2 N–H and O–H groups in total. The molecule has 0 spiro atoms. The number of hydrogen-bond donors (Lipinski definition) is 1. The van der Waals surface area contributed by atoms with Crippen LogP contribution in [0.2, 0.25) is 0 Å². The van der Waals surface area contributed by atoms with E-state index < -0.39 is 0 Å². The van der Waals surface area contributed by atoms with Crippen LogP contribution in [-0.2, 0) is 0 Å². The van der Waals surface area contributed by atoms with Crippen LogP contribution in [0.1, 0.15) is 67.2 Å². The van der Waals surface area contributed by atoms with Gasteiger partial charge >= 0.3 is 0 Å².